The molecule has 1 fully saturated rings. The summed E-state index contributed by atoms with van der Waals surface area (Å²) in [6.07, 6.45) is 4.01. The molecule has 1 aromatic heterocycles. The number of carbonyl (C=O) groups excluding carboxylic acids is 1. The summed E-state index contributed by atoms with van der Waals surface area (Å²) in [7, 11) is -3.26. The maximum atomic E-state index is 11.9. The van der Waals surface area contributed by atoms with Gasteiger partial charge < -0.3 is 20.4 Å². The number of aromatic nitrogens is 2. The molecule has 162 valence electrons. The van der Waals surface area contributed by atoms with Crippen molar-refractivity contribution in [3.63, 3.8) is 0 Å². The van der Waals surface area contributed by atoms with Crippen molar-refractivity contribution in [3.8, 4) is 17.1 Å². The fourth-order valence-corrected chi connectivity index (χ4v) is 4.78. The number of amides is 1. The van der Waals surface area contributed by atoms with Gasteiger partial charge in [-0.1, -0.05) is 0 Å². The van der Waals surface area contributed by atoms with Crippen LogP contribution in [0.4, 0.5) is 5.69 Å². The number of hydrogen-bond acceptors (Lipinski definition) is 6. The molecule has 5 rings (SSSR count). The van der Waals surface area contributed by atoms with Crippen molar-refractivity contribution in [2.75, 3.05) is 18.2 Å². The van der Waals surface area contributed by atoms with Crippen LogP contribution in [0.2, 0.25) is 0 Å². The predicted molar refractivity (Wildman–Crippen MR) is 118 cm³/mol. The van der Waals surface area contributed by atoms with Crippen molar-refractivity contribution in [1.29, 1.82) is 0 Å². The lowest BCUT2D eigenvalue weighted by molar-refractivity contribution is -0.119. The van der Waals surface area contributed by atoms with E-state index >= 15 is 0 Å². The average Bonchev–Trinajstić information content (AvgIpc) is 3.51. The fourth-order valence-electron chi connectivity index (χ4n) is 4.15. The molecule has 1 aliphatic heterocycles. The summed E-state index contributed by atoms with van der Waals surface area (Å²) >= 11 is 0. The Hall–Kier alpha value is -3.07. The Kier molecular flexibility index (Phi) is 4.65. The maximum Gasteiger partial charge on any atom is 0.240 e. The third kappa shape index (κ3) is 3.74. The van der Waals surface area contributed by atoms with Crippen molar-refractivity contribution < 1.29 is 17.9 Å². The molecule has 1 atom stereocenters. The third-order valence-electron chi connectivity index (χ3n) is 5.85. The molecule has 0 saturated heterocycles. The number of ether oxygens (including phenoxy) is 1. The Morgan fingerprint density at radius 1 is 1.26 bits per heavy atom. The van der Waals surface area contributed by atoms with Crippen LogP contribution in [0.15, 0.2) is 41.3 Å². The van der Waals surface area contributed by atoms with E-state index in [4.69, 9.17) is 15.5 Å². The fraction of sp³-hybridized carbons (Fsp3) is 0.364. The van der Waals surface area contributed by atoms with Gasteiger partial charge in [0.15, 0.2) is 9.84 Å². The van der Waals surface area contributed by atoms with Crippen LogP contribution in [0.3, 0.4) is 0 Å². The smallest absolute Gasteiger partial charge is 0.240 e. The van der Waals surface area contributed by atoms with E-state index in [1.807, 2.05) is 12.1 Å². The van der Waals surface area contributed by atoms with Gasteiger partial charge in [0.25, 0.3) is 0 Å². The normalized spacial score (nSPS) is 17.1. The van der Waals surface area contributed by atoms with E-state index in [0.29, 0.717) is 12.4 Å². The summed E-state index contributed by atoms with van der Waals surface area (Å²) in [5, 5.41) is 3.27. The Labute approximate surface area is 180 Å². The number of aryl methyl sites for hydroxylation is 1. The van der Waals surface area contributed by atoms with E-state index in [-0.39, 0.29) is 16.7 Å². The second-order valence-corrected chi connectivity index (χ2v) is 10.3. The zero-order valence-electron chi connectivity index (χ0n) is 17.2. The van der Waals surface area contributed by atoms with E-state index in [9.17, 15) is 13.2 Å². The molecule has 9 heteroatoms. The molecule has 1 saturated carbocycles. The summed E-state index contributed by atoms with van der Waals surface area (Å²) in [5.74, 6) is 1.39. The molecule has 2 heterocycles. The lowest BCUT2D eigenvalue weighted by atomic mass is 10.1. The summed E-state index contributed by atoms with van der Waals surface area (Å²) in [5.41, 5.74) is 8.83. The van der Waals surface area contributed by atoms with Gasteiger partial charge >= 0.3 is 0 Å². The first kappa shape index (κ1) is 19.9. The molecule has 2 aromatic carbocycles. The molecule has 0 unspecified atom stereocenters. The number of benzene rings is 2. The van der Waals surface area contributed by atoms with Gasteiger partial charge in [0, 0.05) is 30.1 Å². The zero-order chi connectivity index (χ0) is 21.8. The molecule has 3 N–H and O–H groups in total. The number of nitrogens with one attached hydrogen (secondary N) is 1. The number of primary amides is 1. The van der Waals surface area contributed by atoms with Crippen LogP contribution in [0.1, 0.15) is 19.3 Å². The van der Waals surface area contributed by atoms with Crippen LogP contribution in [-0.4, -0.2) is 42.8 Å². The summed E-state index contributed by atoms with van der Waals surface area (Å²) in [6.45, 7) is 1.32. The highest BCUT2D eigenvalue weighted by atomic mass is 32.2. The number of imidazole rings is 1. The molecule has 0 bridgehead atoms. The van der Waals surface area contributed by atoms with Crippen molar-refractivity contribution in [1.82, 2.24) is 9.55 Å². The first-order valence-electron chi connectivity index (χ1n) is 10.3. The van der Waals surface area contributed by atoms with Gasteiger partial charge in [-0.2, -0.15) is 0 Å². The minimum absolute atomic E-state index is 0.273. The largest absolute Gasteiger partial charge is 0.491 e. The molecular weight excluding hydrogens is 416 g/mol. The Balaban J connectivity index is 1.59. The van der Waals surface area contributed by atoms with Crippen LogP contribution in [-0.2, 0) is 21.2 Å². The van der Waals surface area contributed by atoms with Crippen molar-refractivity contribution in [2.24, 2.45) is 11.7 Å². The van der Waals surface area contributed by atoms with Gasteiger partial charge in [0.1, 0.15) is 23.1 Å². The summed E-state index contributed by atoms with van der Waals surface area (Å²) in [4.78, 5) is 17.0. The van der Waals surface area contributed by atoms with Crippen LogP contribution in [0.25, 0.3) is 22.4 Å². The minimum atomic E-state index is -3.26. The number of sulfone groups is 1. The molecule has 1 amide bonds. The van der Waals surface area contributed by atoms with Gasteiger partial charge in [0.05, 0.1) is 17.0 Å². The van der Waals surface area contributed by atoms with E-state index in [1.54, 1.807) is 24.3 Å². The second kappa shape index (κ2) is 7.26. The third-order valence-corrected chi connectivity index (χ3v) is 6.98. The average molecular weight is 441 g/mol. The number of anilines is 1. The SMILES string of the molecule is CS(=O)(=O)c1ccc(-c2nc3cc(N[C@H](C(N)=O)C4CC4)cc4c3n2CCCO4)cc1. The molecular formula is C22H24N4O4S. The van der Waals surface area contributed by atoms with Crippen LogP contribution in [0, 0.1) is 5.92 Å². The summed E-state index contributed by atoms with van der Waals surface area (Å²) in [6, 6.07) is 10.2. The maximum absolute atomic E-state index is 11.9. The van der Waals surface area contributed by atoms with E-state index < -0.39 is 15.9 Å². The van der Waals surface area contributed by atoms with E-state index in [0.717, 1.165) is 53.9 Å². The lowest BCUT2D eigenvalue weighted by Crippen LogP contribution is -2.37. The molecule has 31 heavy (non-hydrogen) atoms. The Morgan fingerprint density at radius 2 is 2.00 bits per heavy atom. The van der Waals surface area contributed by atoms with Gasteiger partial charge in [-0.25, -0.2) is 13.4 Å². The van der Waals surface area contributed by atoms with Crippen LogP contribution < -0.4 is 15.8 Å². The number of carbonyl (C=O) groups is 1. The predicted octanol–water partition coefficient (Wildman–Crippen LogP) is 2.57. The number of hydrogen-bond donors (Lipinski definition) is 2. The molecule has 0 radical (unpaired) electrons. The van der Waals surface area contributed by atoms with Crippen molar-refractivity contribution in [2.45, 2.75) is 36.7 Å². The first-order valence-corrected chi connectivity index (χ1v) is 12.2. The first-order chi connectivity index (χ1) is 14.8. The highest BCUT2D eigenvalue weighted by molar-refractivity contribution is 7.90. The van der Waals surface area contributed by atoms with Crippen molar-refractivity contribution >= 4 is 32.5 Å². The standard InChI is InChI=1S/C22H24N4O4S/c1-31(28,29)16-7-5-14(6-8-16)22-25-17-11-15(24-19(21(23)27)13-3-4-13)12-18-20(17)26(22)9-2-10-30-18/h5-8,11-13,19,24H,2-4,9-10H2,1H3,(H2,23,27)/t19-/m0/s1. The molecule has 1 aliphatic carbocycles. The number of rotatable bonds is 6. The summed E-state index contributed by atoms with van der Waals surface area (Å²) < 4.78 is 31.7. The van der Waals surface area contributed by atoms with E-state index in [2.05, 4.69) is 9.88 Å². The van der Waals surface area contributed by atoms with Gasteiger partial charge in [0.2, 0.25) is 5.91 Å². The quantitative estimate of drug-likeness (QED) is 0.609. The highest BCUT2D eigenvalue weighted by Gasteiger charge is 2.35. The van der Waals surface area contributed by atoms with E-state index in [1.165, 1.54) is 6.26 Å². The molecule has 8 nitrogen and oxygen atoms in total. The molecule has 3 aromatic rings. The molecule has 2 aliphatic rings. The lowest BCUT2D eigenvalue weighted by Gasteiger charge is -2.17. The van der Waals surface area contributed by atoms with Crippen LogP contribution in [0.5, 0.6) is 5.75 Å². The Morgan fingerprint density at radius 3 is 2.65 bits per heavy atom. The number of nitrogens with zero attached hydrogens (tertiary/aromatic N) is 2. The molecule has 0 spiro atoms. The Bertz CT molecular complexity index is 1280. The van der Waals surface area contributed by atoms with Gasteiger partial charge in [-0.3, -0.25) is 4.79 Å². The van der Waals surface area contributed by atoms with Crippen LogP contribution >= 0.6 is 0 Å². The monoisotopic (exact) mass is 440 g/mol. The zero-order valence-corrected chi connectivity index (χ0v) is 18.0. The number of nitrogens with two attached hydrogens (primary N) is 1. The van der Waals surface area contributed by atoms with Gasteiger partial charge in [-0.05, 0) is 55.5 Å². The van der Waals surface area contributed by atoms with Gasteiger partial charge in [-0.15, -0.1) is 0 Å². The highest BCUT2D eigenvalue weighted by Crippen LogP contribution is 2.38. The minimum Gasteiger partial charge on any atom is -0.491 e. The topological polar surface area (TPSA) is 116 Å². The second-order valence-electron chi connectivity index (χ2n) is 8.29. The van der Waals surface area contributed by atoms with Crippen molar-refractivity contribution in [3.05, 3.63) is 36.4 Å².